The van der Waals surface area contributed by atoms with Crippen molar-refractivity contribution in [2.75, 3.05) is 0 Å². The Morgan fingerprint density at radius 3 is 2.35 bits per heavy atom. The lowest BCUT2D eigenvalue weighted by molar-refractivity contribution is 0.600. The van der Waals surface area contributed by atoms with Crippen molar-refractivity contribution in [1.29, 1.82) is 0 Å². The topological polar surface area (TPSA) is 20.2 Å². The second-order valence-corrected chi connectivity index (χ2v) is 4.67. The zero-order valence-corrected chi connectivity index (χ0v) is 10.7. The molecule has 86 valence electrons. The number of aryl methyl sites for hydroxylation is 2. The second kappa shape index (κ2) is 4.95. The van der Waals surface area contributed by atoms with Crippen molar-refractivity contribution >= 4 is 29.4 Å². The molecule has 0 saturated heterocycles. The summed E-state index contributed by atoms with van der Waals surface area (Å²) in [6.07, 6.45) is 0. The van der Waals surface area contributed by atoms with Crippen LogP contribution in [0.2, 0.25) is 5.02 Å². The first-order chi connectivity index (χ1) is 8.09. The zero-order valence-electron chi connectivity index (χ0n) is 9.94. The van der Waals surface area contributed by atoms with Crippen LogP contribution in [-0.4, -0.2) is 11.9 Å². The van der Waals surface area contributed by atoms with Gasteiger partial charge in [-0.3, -0.25) is 0 Å². The molecule has 0 aromatic heterocycles. The summed E-state index contributed by atoms with van der Waals surface area (Å²) in [6.45, 7) is 3.35. The molecule has 2 aromatic rings. The molecule has 0 heterocycles. The summed E-state index contributed by atoms with van der Waals surface area (Å²) in [5.41, 5.74) is 3.89. The summed E-state index contributed by atoms with van der Waals surface area (Å²) in [5, 5.41) is 11.1. The zero-order chi connectivity index (χ0) is 12.4. The fraction of sp³-hybridized carbons (Fsp3) is 0.143. The SMILES string of the molecule is Cc1cc(B(O)c2ccccc2C)ccc1Cl. The van der Waals surface area contributed by atoms with Gasteiger partial charge in [-0.05, 0) is 36.4 Å². The van der Waals surface area contributed by atoms with Crippen molar-refractivity contribution in [3.8, 4) is 0 Å². The first-order valence-corrected chi connectivity index (χ1v) is 5.97. The highest BCUT2D eigenvalue weighted by Gasteiger charge is 2.18. The third-order valence-electron chi connectivity index (χ3n) is 2.98. The summed E-state index contributed by atoms with van der Waals surface area (Å²) in [4.78, 5) is 0. The number of halogens is 1. The molecule has 17 heavy (non-hydrogen) atoms. The van der Waals surface area contributed by atoms with E-state index in [1.807, 2.05) is 56.3 Å². The molecule has 0 fully saturated rings. The molecule has 0 atom stereocenters. The Balaban J connectivity index is 2.40. The number of benzene rings is 2. The van der Waals surface area contributed by atoms with Gasteiger partial charge in [0.2, 0.25) is 0 Å². The molecular weight excluding hydrogens is 230 g/mol. The summed E-state index contributed by atoms with van der Waals surface area (Å²) in [6, 6.07) is 13.5. The molecule has 3 heteroatoms. The van der Waals surface area contributed by atoms with E-state index in [1.54, 1.807) is 0 Å². The molecule has 2 aromatic carbocycles. The van der Waals surface area contributed by atoms with Gasteiger partial charge in [0.15, 0.2) is 0 Å². The number of hydrogen-bond acceptors (Lipinski definition) is 1. The van der Waals surface area contributed by atoms with E-state index >= 15 is 0 Å². The largest absolute Gasteiger partial charge is 0.443 e. The van der Waals surface area contributed by atoms with E-state index in [-0.39, 0.29) is 0 Å². The van der Waals surface area contributed by atoms with Gasteiger partial charge in [0.25, 0.3) is 0 Å². The highest BCUT2D eigenvalue weighted by molar-refractivity contribution is 6.79. The quantitative estimate of drug-likeness (QED) is 0.802. The molecule has 2 rings (SSSR count). The fourth-order valence-corrected chi connectivity index (χ4v) is 2.03. The van der Waals surface area contributed by atoms with Crippen LogP contribution in [0.4, 0.5) is 0 Å². The highest BCUT2D eigenvalue weighted by Crippen LogP contribution is 2.12. The van der Waals surface area contributed by atoms with Gasteiger partial charge < -0.3 is 5.02 Å². The van der Waals surface area contributed by atoms with Gasteiger partial charge in [-0.2, -0.15) is 0 Å². The number of rotatable bonds is 2. The minimum absolute atomic E-state index is 0.591. The maximum absolute atomic E-state index is 10.3. The van der Waals surface area contributed by atoms with Crippen LogP contribution in [-0.2, 0) is 0 Å². The van der Waals surface area contributed by atoms with Crippen LogP contribution in [0.1, 0.15) is 11.1 Å². The summed E-state index contributed by atoms with van der Waals surface area (Å²) in [5.74, 6) is 0. The Labute approximate surface area is 107 Å². The van der Waals surface area contributed by atoms with Gasteiger partial charge in [-0.1, -0.05) is 53.6 Å². The molecule has 1 N–H and O–H groups in total. The molecule has 0 aliphatic rings. The van der Waals surface area contributed by atoms with Crippen LogP contribution in [0, 0.1) is 13.8 Å². The minimum Gasteiger partial charge on any atom is -0.443 e. The standard InChI is InChI=1S/C14H14BClO/c1-10-5-3-4-6-13(10)15(17)12-7-8-14(16)11(2)9-12/h3-9,17H,1-2H3. The Morgan fingerprint density at radius 2 is 1.71 bits per heavy atom. The number of hydrogen-bond donors (Lipinski definition) is 1. The Bertz CT molecular complexity index is 539. The van der Waals surface area contributed by atoms with Crippen molar-refractivity contribution in [3.05, 3.63) is 58.6 Å². The molecular formula is C14H14BClO. The van der Waals surface area contributed by atoms with E-state index < -0.39 is 6.92 Å². The lowest BCUT2D eigenvalue weighted by Crippen LogP contribution is -2.43. The molecule has 0 bridgehead atoms. The predicted octanol–water partition coefficient (Wildman–Crippen LogP) is 2.05. The van der Waals surface area contributed by atoms with Gasteiger partial charge in [0, 0.05) is 5.02 Å². The van der Waals surface area contributed by atoms with E-state index in [9.17, 15) is 5.02 Å². The van der Waals surface area contributed by atoms with E-state index in [4.69, 9.17) is 11.6 Å². The third-order valence-corrected chi connectivity index (χ3v) is 3.40. The van der Waals surface area contributed by atoms with Crippen LogP contribution in [0.3, 0.4) is 0 Å². The average Bonchev–Trinajstić information content (AvgIpc) is 2.32. The predicted molar refractivity (Wildman–Crippen MR) is 74.6 cm³/mol. The van der Waals surface area contributed by atoms with E-state index in [2.05, 4.69) is 0 Å². The first-order valence-electron chi connectivity index (χ1n) is 5.59. The third kappa shape index (κ3) is 2.54. The van der Waals surface area contributed by atoms with E-state index in [1.165, 1.54) is 0 Å². The molecule has 0 unspecified atom stereocenters. The van der Waals surface area contributed by atoms with Gasteiger partial charge >= 0.3 is 6.92 Å². The molecule has 0 aliphatic heterocycles. The molecule has 0 saturated carbocycles. The van der Waals surface area contributed by atoms with Crippen molar-refractivity contribution in [2.45, 2.75) is 13.8 Å². The minimum atomic E-state index is -0.591. The van der Waals surface area contributed by atoms with Crippen molar-refractivity contribution < 1.29 is 5.02 Å². The normalized spacial score (nSPS) is 10.4. The second-order valence-electron chi connectivity index (χ2n) is 4.27. The molecule has 0 radical (unpaired) electrons. The van der Waals surface area contributed by atoms with Gasteiger partial charge in [-0.25, -0.2) is 0 Å². The van der Waals surface area contributed by atoms with Crippen molar-refractivity contribution in [1.82, 2.24) is 0 Å². The Hall–Kier alpha value is -1.25. The van der Waals surface area contributed by atoms with Crippen LogP contribution >= 0.6 is 11.6 Å². The maximum Gasteiger partial charge on any atom is 0.359 e. The first kappa shape index (κ1) is 12.2. The maximum atomic E-state index is 10.3. The lowest BCUT2D eigenvalue weighted by Gasteiger charge is -2.11. The van der Waals surface area contributed by atoms with Gasteiger partial charge in [-0.15, -0.1) is 0 Å². The van der Waals surface area contributed by atoms with Crippen molar-refractivity contribution in [3.63, 3.8) is 0 Å². The van der Waals surface area contributed by atoms with E-state index in [0.29, 0.717) is 0 Å². The van der Waals surface area contributed by atoms with Gasteiger partial charge in [0.1, 0.15) is 0 Å². The summed E-state index contributed by atoms with van der Waals surface area (Å²) >= 11 is 5.98. The molecule has 1 nitrogen and oxygen atoms in total. The van der Waals surface area contributed by atoms with Crippen LogP contribution in [0.25, 0.3) is 0 Å². The fourth-order valence-electron chi connectivity index (χ4n) is 1.91. The summed E-state index contributed by atoms with van der Waals surface area (Å²) in [7, 11) is 0. The smallest absolute Gasteiger partial charge is 0.359 e. The van der Waals surface area contributed by atoms with Crippen LogP contribution in [0.5, 0.6) is 0 Å². The molecule has 0 spiro atoms. The molecule has 0 aliphatic carbocycles. The van der Waals surface area contributed by atoms with Gasteiger partial charge in [0.05, 0.1) is 0 Å². The average molecular weight is 245 g/mol. The van der Waals surface area contributed by atoms with Crippen LogP contribution in [0.15, 0.2) is 42.5 Å². The van der Waals surface area contributed by atoms with Crippen molar-refractivity contribution in [2.24, 2.45) is 0 Å². The lowest BCUT2D eigenvalue weighted by atomic mass is 9.54. The van der Waals surface area contributed by atoms with Crippen LogP contribution < -0.4 is 10.9 Å². The Kier molecular flexibility index (Phi) is 3.56. The summed E-state index contributed by atoms with van der Waals surface area (Å²) < 4.78 is 0. The highest BCUT2D eigenvalue weighted by atomic mass is 35.5. The monoisotopic (exact) mass is 244 g/mol. The Morgan fingerprint density at radius 1 is 1.00 bits per heavy atom. The van der Waals surface area contributed by atoms with E-state index in [0.717, 1.165) is 27.1 Å². The molecule has 0 amide bonds.